The van der Waals surface area contributed by atoms with Gasteiger partial charge in [0.2, 0.25) is 0 Å². The first-order valence-corrected chi connectivity index (χ1v) is 9.64. The maximum absolute atomic E-state index is 10.7. The third-order valence-corrected chi connectivity index (χ3v) is 8.17. The van der Waals surface area contributed by atoms with E-state index in [9.17, 15) is 5.11 Å². The monoisotopic (exact) mass is 312 g/mol. The predicted octanol–water partition coefficient (Wildman–Crippen LogP) is 4.12. The molecule has 3 heteroatoms. The predicted molar refractivity (Wildman–Crippen MR) is 90.8 cm³/mol. The molecule has 1 heterocycles. The number of hydrogen-bond acceptors (Lipinski definition) is 2. The Labute approximate surface area is 138 Å². The fourth-order valence-electron chi connectivity index (χ4n) is 7.11. The molecule has 0 spiro atoms. The summed E-state index contributed by atoms with van der Waals surface area (Å²) in [6, 6.07) is 0. The lowest BCUT2D eigenvalue weighted by Gasteiger charge is -2.55. The number of aliphatic hydroxyl groups is 1. The first-order valence-electron chi connectivity index (χ1n) is 9.64. The normalized spacial score (nSPS) is 47.6. The van der Waals surface area contributed by atoms with E-state index in [1.807, 2.05) is 0 Å². The summed E-state index contributed by atoms with van der Waals surface area (Å²) >= 11 is 0. The molecule has 3 fully saturated rings. The molecule has 0 bridgehead atoms. The van der Waals surface area contributed by atoms with Gasteiger partial charge in [0.05, 0.1) is 11.8 Å². The van der Waals surface area contributed by atoms with Crippen molar-refractivity contribution in [2.45, 2.75) is 63.9 Å². The van der Waals surface area contributed by atoms with Gasteiger partial charge in [0.1, 0.15) is 0 Å². The molecule has 5 rings (SSSR count). The Kier molecular flexibility index (Phi) is 3.07. The molecule has 4 aliphatic carbocycles. The summed E-state index contributed by atoms with van der Waals surface area (Å²) in [6.07, 6.45) is 15.5. The number of hydrogen-bond donors (Lipinski definition) is 2. The van der Waals surface area contributed by atoms with E-state index >= 15 is 0 Å². The van der Waals surface area contributed by atoms with Crippen LogP contribution in [0.25, 0.3) is 6.08 Å². The smallest absolute Gasteiger partial charge is 0.0880 e. The highest BCUT2D eigenvalue weighted by atomic mass is 16.3. The first-order chi connectivity index (χ1) is 11.2. The van der Waals surface area contributed by atoms with Crippen molar-refractivity contribution in [3.05, 3.63) is 23.5 Å². The van der Waals surface area contributed by atoms with Crippen molar-refractivity contribution in [3.8, 4) is 0 Å². The molecule has 124 valence electrons. The zero-order chi connectivity index (χ0) is 15.6. The van der Waals surface area contributed by atoms with Crippen LogP contribution in [-0.4, -0.2) is 21.4 Å². The molecule has 3 saturated carbocycles. The molecule has 0 aromatic carbocycles. The number of allylic oxidation sites excluding steroid dienone is 1. The Morgan fingerprint density at radius 3 is 3.00 bits per heavy atom. The second-order valence-electron chi connectivity index (χ2n) is 8.50. The van der Waals surface area contributed by atoms with Crippen LogP contribution in [0.3, 0.4) is 0 Å². The highest BCUT2D eigenvalue weighted by molar-refractivity contribution is 5.54. The van der Waals surface area contributed by atoms with Crippen LogP contribution < -0.4 is 0 Å². The van der Waals surface area contributed by atoms with Crippen molar-refractivity contribution < 1.29 is 5.11 Å². The molecule has 0 aliphatic heterocycles. The average Bonchev–Trinajstić information content (AvgIpc) is 3.19. The molecule has 3 unspecified atom stereocenters. The van der Waals surface area contributed by atoms with Crippen LogP contribution in [-0.2, 0) is 0 Å². The van der Waals surface area contributed by atoms with Gasteiger partial charge in [0.15, 0.2) is 0 Å². The van der Waals surface area contributed by atoms with E-state index in [0.29, 0.717) is 11.8 Å². The van der Waals surface area contributed by atoms with Crippen LogP contribution in [0, 0.1) is 29.1 Å². The number of aromatic nitrogens is 2. The standard InChI is InChI=1S/C20H28N2O/c1-2-20-10-9-14-12-5-7-18-16(11-21-22-18)13(12)3-4-15(14)17(20)6-8-19(20)23/h5,7,11-15,17,19,23H,2-4,6,8-10H2,1H3,(H,21,22)/t12-,13+,14?,15?,17?,19-,20-/m0/s1. The summed E-state index contributed by atoms with van der Waals surface area (Å²) < 4.78 is 0. The molecular weight excluding hydrogens is 284 g/mol. The van der Waals surface area contributed by atoms with Gasteiger partial charge >= 0.3 is 0 Å². The second kappa shape index (κ2) is 4.95. The van der Waals surface area contributed by atoms with Crippen LogP contribution in [0.1, 0.15) is 69.0 Å². The van der Waals surface area contributed by atoms with Crippen LogP contribution >= 0.6 is 0 Å². The van der Waals surface area contributed by atoms with E-state index in [2.05, 4.69) is 35.5 Å². The van der Waals surface area contributed by atoms with Crippen molar-refractivity contribution >= 4 is 6.08 Å². The summed E-state index contributed by atoms with van der Waals surface area (Å²) in [4.78, 5) is 0. The van der Waals surface area contributed by atoms with Gasteiger partial charge in [-0.3, -0.25) is 5.10 Å². The minimum atomic E-state index is -0.0430. The van der Waals surface area contributed by atoms with E-state index in [1.165, 1.54) is 43.4 Å². The molecule has 7 atom stereocenters. The van der Waals surface area contributed by atoms with Gasteiger partial charge in [-0.1, -0.05) is 13.0 Å². The largest absolute Gasteiger partial charge is 0.393 e. The highest BCUT2D eigenvalue weighted by Crippen LogP contribution is 2.63. The third-order valence-electron chi connectivity index (χ3n) is 8.17. The van der Waals surface area contributed by atoms with Crippen LogP contribution in [0.15, 0.2) is 12.3 Å². The SMILES string of the molecule is CC[C@]12CCC3C(CC[C@H]4c5c[nH]nc5C=C[C@H]34)C1CC[C@@H]2O. The fourth-order valence-corrected chi connectivity index (χ4v) is 7.11. The first kappa shape index (κ1) is 14.3. The van der Waals surface area contributed by atoms with E-state index in [-0.39, 0.29) is 11.5 Å². The zero-order valence-corrected chi connectivity index (χ0v) is 14.0. The number of H-pyrrole nitrogens is 1. The van der Waals surface area contributed by atoms with Crippen molar-refractivity contribution in [2.24, 2.45) is 29.1 Å². The minimum absolute atomic E-state index is 0.0430. The summed E-state index contributed by atoms with van der Waals surface area (Å²) in [7, 11) is 0. The minimum Gasteiger partial charge on any atom is -0.393 e. The molecule has 4 aliphatic rings. The van der Waals surface area contributed by atoms with Crippen molar-refractivity contribution in [1.29, 1.82) is 0 Å². The summed E-state index contributed by atoms with van der Waals surface area (Å²) in [6.45, 7) is 2.31. The maximum Gasteiger partial charge on any atom is 0.0880 e. The Morgan fingerprint density at radius 2 is 2.13 bits per heavy atom. The number of nitrogens with one attached hydrogen (secondary N) is 1. The molecule has 1 aromatic heterocycles. The van der Waals surface area contributed by atoms with Crippen LogP contribution in [0.2, 0.25) is 0 Å². The van der Waals surface area contributed by atoms with Gasteiger partial charge < -0.3 is 5.11 Å². The van der Waals surface area contributed by atoms with Crippen molar-refractivity contribution in [2.75, 3.05) is 0 Å². The summed E-state index contributed by atoms with van der Waals surface area (Å²) in [5, 5.41) is 18.1. The van der Waals surface area contributed by atoms with Crippen LogP contribution in [0.5, 0.6) is 0 Å². The van der Waals surface area contributed by atoms with Crippen molar-refractivity contribution in [3.63, 3.8) is 0 Å². The van der Waals surface area contributed by atoms with Gasteiger partial charge in [0.25, 0.3) is 0 Å². The van der Waals surface area contributed by atoms with E-state index in [1.54, 1.807) is 0 Å². The van der Waals surface area contributed by atoms with Crippen molar-refractivity contribution in [1.82, 2.24) is 10.2 Å². The fraction of sp³-hybridized carbons (Fsp3) is 0.750. The number of aromatic amines is 1. The zero-order valence-electron chi connectivity index (χ0n) is 14.0. The van der Waals surface area contributed by atoms with E-state index in [0.717, 1.165) is 30.6 Å². The molecule has 23 heavy (non-hydrogen) atoms. The second-order valence-corrected chi connectivity index (χ2v) is 8.50. The molecule has 0 saturated heterocycles. The third kappa shape index (κ3) is 1.77. The van der Waals surface area contributed by atoms with Gasteiger partial charge in [-0.15, -0.1) is 0 Å². The molecule has 0 amide bonds. The molecular formula is C20H28N2O. The number of rotatable bonds is 1. The van der Waals surface area contributed by atoms with Gasteiger partial charge in [-0.05, 0) is 86.0 Å². The van der Waals surface area contributed by atoms with E-state index in [4.69, 9.17) is 0 Å². The molecule has 0 radical (unpaired) electrons. The number of aliphatic hydroxyl groups excluding tert-OH is 1. The lowest BCUT2D eigenvalue weighted by atomic mass is 9.50. The topological polar surface area (TPSA) is 48.9 Å². The lowest BCUT2D eigenvalue weighted by Crippen LogP contribution is -2.49. The average molecular weight is 312 g/mol. The Balaban J connectivity index is 1.48. The van der Waals surface area contributed by atoms with E-state index < -0.39 is 0 Å². The lowest BCUT2D eigenvalue weighted by molar-refractivity contribution is -0.0719. The molecule has 3 nitrogen and oxygen atoms in total. The summed E-state index contributed by atoms with van der Waals surface area (Å²) in [5.41, 5.74) is 2.86. The van der Waals surface area contributed by atoms with Crippen LogP contribution in [0.4, 0.5) is 0 Å². The summed E-state index contributed by atoms with van der Waals surface area (Å²) in [5.74, 6) is 3.80. The Hall–Kier alpha value is -1.09. The quantitative estimate of drug-likeness (QED) is 0.819. The molecule has 2 N–H and O–H groups in total. The maximum atomic E-state index is 10.7. The van der Waals surface area contributed by atoms with Gasteiger partial charge in [-0.2, -0.15) is 5.10 Å². The number of fused-ring (bicyclic) bond motifs is 7. The Bertz CT molecular complexity index is 635. The Morgan fingerprint density at radius 1 is 1.22 bits per heavy atom. The molecule has 1 aromatic rings. The van der Waals surface area contributed by atoms with Gasteiger partial charge in [-0.25, -0.2) is 0 Å². The van der Waals surface area contributed by atoms with Gasteiger partial charge in [0, 0.05) is 11.8 Å². The number of nitrogens with zero attached hydrogens (tertiary/aromatic N) is 1. The highest BCUT2D eigenvalue weighted by Gasteiger charge is 2.57.